The number of aliphatic hydroxyl groups excluding tert-OH is 1. The van der Waals surface area contributed by atoms with Crippen LogP contribution in [0, 0.1) is 11.8 Å². The summed E-state index contributed by atoms with van der Waals surface area (Å²) in [6.07, 6.45) is 58.2. The lowest BCUT2D eigenvalue weighted by Crippen LogP contribution is -2.30. The molecule has 0 spiro atoms. The summed E-state index contributed by atoms with van der Waals surface area (Å²) in [5, 5.41) is 10.6. The van der Waals surface area contributed by atoms with Crippen LogP contribution in [0.15, 0.2) is 0 Å². The molecule has 0 saturated heterocycles. The quantitative estimate of drug-likeness (QED) is 0.0222. The standard InChI is InChI=1S/C78H152O17P2/c1-7-9-11-13-15-17-19-30-38-44-50-56-62-77(82)94-73(66-88-75(80)60-54-48-42-36-28-18-16-14-12-10-8-2)68-92-96(84,85)90-64-72(79)65-91-97(86,87)93-69-74(67-89-76(81)61-55-49-43-37-33-32-35-41-47-53-59-71(5)6)95-78(83)63-57-51-45-39-31-27-25-23-21-20-22-24-26-29-34-40-46-52-58-70(3)4/h70-74,79H,7-69H2,1-6H3,(H,84,85)(H,86,87)/t72-,73+,74+/m0/s1. The maximum absolute atomic E-state index is 13.1. The van der Waals surface area contributed by atoms with Gasteiger partial charge in [-0.25, -0.2) is 9.13 Å². The summed E-state index contributed by atoms with van der Waals surface area (Å²) in [5.74, 6) is -0.533. The van der Waals surface area contributed by atoms with Gasteiger partial charge in [0.1, 0.15) is 19.3 Å². The van der Waals surface area contributed by atoms with Gasteiger partial charge in [0.25, 0.3) is 0 Å². The number of hydrogen-bond donors (Lipinski definition) is 3. The highest BCUT2D eigenvalue weighted by Crippen LogP contribution is 2.45. The molecule has 0 aliphatic carbocycles. The highest BCUT2D eigenvalue weighted by atomic mass is 31.2. The molecule has 0 aromatic rings. The van der Waals surface area contributed by atoms with Gasteiger partial charge in [0.05, 0.1) is 26.4 Å². The summed E-state index contributed by atoms with van der Waals surface area (Å²) < 4.78 is 68.6. The second-order valence-electron chi connectivity index (χ2n) is 29.1. The molecule has 97 heavy (non-hydrogen) atoms. The lowest BCUT2D eigenvalue weighted by molar-refractivity contribution is -0.161. The Hall–Kier alpha value is -1.94. The maximum atomic E-state index is 13.1. The smallest absolute Gasteiger partial charge is 0.462 e. The number of esters is 4. The average molecular weight is 1420 g/mol. The van der Waals surface area contributed by atoms with Crippen molar-refractivity contribution < 1.29 is 80.2 Å². The number of phosphoric acid groups is 2. The Labute approximate surface area is 594 Å². The normalized spacial score (nSPS) is 14.0. The molecule has 0 saturated carbocycles. The zero-order chi connectivity index (χ0) is 71.4. The van der Waals surface area contributed by atoms with Crippen molar-refractivity contribution in [2.24, 2.45) is 11.8 Å². The summed E-state index contributed by atoms with van der Waals surface area (Å²) in [5.41, 5.74) is 0. The summed E-state index contributed by atoms with van der Waals surface area (Å²) >= 11 is 0. The molecular weight excluding hydrogens is 1270 g/mol. The number of carbonyl (C=O) groups excluding carboxylic acids is 4. The van der Waals surface area contributed by atoms with Crippen LogP contribution < -0.4 is 0 Å². The number of ether oxygens (including phenoxy) is 4. The first-order chi connectivity index (χ1) is 46.9. The molecule has 0 rings (SSSR count). The molecule has 3 N–H and O–H groups in total. The van der Waals surface area contributed by atoms with Crippen LogP contribution in [-0.2, 0) is 65.4 Å². The Morgan fingerprint density at radius 3 is 0.701 bits per heavy atom. The number of phosphoric ester groups is 2. The third-order valence-electron chi connectivity index (χ3n) is 18.2. The van der Waals surface area contributed by atoms with Crippen molar-refractivity contribution in [1.82, 2.24) is 0 Å². The van der Waals surface area contributed by atoms with Crippen molar-refractivity contribution in [2.75, 3.05) is 39.6 Å². The number of rotatable bonds is 77. The molecule has 5 atom stereocenters. The van der Waals surface area contributed by atoms with Crippen molar-refractivity contribution in [1.29, 1.82) is 0 Å². The average Bonchev–Trinajstić information content (AvgIpc) is 1.01. The third-order valence-corrected chi connectivity index (χ3v) is 20.1. The number of unbranched alkanes of at least 4 members (excludes halogenated alkanes) is 47. The van der Waals surface area contributed by atoms with Gasteiger partial charge in [0.2, 0.25) is 0 Å². The molecule has 0 amide bonds. The fourth-order valence-corrected chi connectivity index (χ4v) is 13.6. The molecule has 0 bridgehead atoms. The van der Waals surface area contributed by atoms with Gasteiger partial charge in [-0.3, -0.25) is 37.3 Å². The van der Waals surface area contributed by atoms with Crippen molar-refractivity contribution in [3.63, 3.8) is 0 Å². The fourth-order valence-electron chi connectivity index (χ4n) is 12.0. The number of hydrogen-bond acceptors (Lipinski definition) is 15. The minimum Gasteiger partial charge on any atom is -0.462 e. The minimum atomic E-state index is -4.96. The Kier molecular flexibility index (Phi) is 68.4. The predicted molar refractivity (Wildman–Crippen MR) is 395 cm³/mol. The largest absolute Gasteiger partial charge is 0.472 e. The highest BCUT2D eigenvalue weighted by Gasteiger charge is 2.30. The zero-order valence-corrected chi connectivity index (χ0v) is 65.2. The van der Waals surface area contributed by atoms with Crippen LogP contribution in [0.5, 0.6) is 0 Å². The molecule has 0 aromatic heterocycles. The minimum absolute atomic E-state index is 0.108. The molecular formula is C78H152O17P2. The van der Waals surface area contributed by atoms with E-state index in [2.05, 4.69) is 41.5 Å². The summed E-state index contributed by atoms with van der Waals surface area (Å²) in [7, 11) is -9.91. The van der Waals surface area contributed by atoms with Gasteiger partial charge in [-0.1, -0.05) is 356 Å². The van der Waals surface area contributed by atoms with E-state index < -0.39 is 97.5 Å². The summed E-state index contributed by atoms with van der Waals surface area (Å²) in [4.78, 5) is 72.9. The van der Waals surface area contributed by atoms with Crippen molar-refractivity contribution in [3.8, 4) is 0 Å². The van der Waals surface area contributed by atoms with Gasteiger partial charge < -0.3 is 33.8 Å². The van der Waals surface area contributed by atoms with Crippen LogP contribution in [0.25, 0.3) is 0 Å². The summed E-state index contributed by atoms with van der Waals surface area (Å²) in [6.45, 7) is 9.64. The van der Waals surface area contributed by atoms with Crippen LogP contribution in [0.3, 0.4) is 0 Å². The van der Waals surface area contributed by atoms with Gasteiger partial charge in [-0.15, -0.1) is 0 Å². The van der Waals surface area contributed by atoms with E-state index in [9.17, 15) is 43.2 Å². The second kappa shape index (κ2) is 69.8. The fraction of sp³-hybridized carbons (Fsp3) is 0.949. The van der Waals surface area contributed by atoms with E-state index in [4.69, 9.17) is 37.0 Å². The topological polar surface area (TPSA) is 237 Å². The van der Waals surface area contributed by atoms with E-state index in [1.807, 2.05) is 0 Å². The number of carbonyl (C=O) groups is 4. The first kappa shape index (κ1) is 95.1. The van der Waals surface area contributed by atoms with Crippen molar-refractivity contribution in [2.45, 2.75) is 426 Å². The van der Waals surface area contributed by atoms with Crippen molar-refractivity contribution >= 4 is 39.5 Å². The third kappa shape index (κ3) is 72.2. The SMILES string of the molecule is CCCCCCCCCCCCCCC(=O)O[C@H](COC(=O)CCCCCCCCCCCCC)COP(=O)(O)OC[C@H](O)COP(=O)(O)OC[C@@H](COC(=O)CCCCCCCCCCCCC(C)C)OC(=O)CCCCCCCCCCCCCCCCCCCCC(C)C. The molecule has 0 aromatic carbocycles. The highest BCUT2D eigenvalue weighted by molar-refractivity contribution is 7.47. The van der Waals surface area contributed by atoms with Crippen LogP contribution in [0.1, 0.15) is 408 Å². The van der Waals surface area contributed by atoms with E-state index in [1.54, 1.807) is 0 Å². The van der Waals surface area contributed by atoms with Gasteiger partial charge in [-0.2, -0.15) is 0 Å². The Balaban J connectivity index is 5.21. The van der Waals surface area contributed by atoms with Crippen LogP contribution in [-0.4, -0.2) is 96.7 Å². The molecule has 0 aliphatic rings. The van der Waals surface area contributed by atoms with E-state index >= 15 is 0 Å². The van der Waals surface area contributed by atoms with E-state index in [0.717, 1.165) is 102 Å². The van der Waals surface area contributed by atoms with Gasteiger partial charge >= 0.3 is 39.5 Å². The van der Waals surface area contributed by atoms with Crippen LogP contribution in [0.4, 0.5) is 0 Å². The van der Waals surface area contributed by atoms with Crippen LogP contribution >= 0.6 is 15.6 Å². The first-order valence-electron chi connectivity index (χ1n) is 40.5. The Bertz CT molecular complexity index is 1870. The van der Waals surface area contributed by atoms with E-state index in [-0.39, 0.29) is 25.7 Å². The first-order valence-corrected chi connectivity index (χ1v) is 43.5. The zero-order valence-electron chi connectivity index (χ0n) is 63.4. The maximum Gasteiger partial charge on any atom is 0.472 e. The van der Waals surface area contributed by atoms with Gasteiger partial charge in [0.15, 0.2) is 12.2 Å². The predicted octanol–water partition coefficient (Wildman–Crippen LogP) is 23.1. The lowest BCUT2D eigenvalue weighted by atomic mass is 10.0. The molecule has 2 unspecified atom stereocenters. The summed E-state index contributed by atoms with van der Waals surface area (Å²) in [6, 6.07) is 0. The molecule has 0 radical (unpaired) electrons. The van der Waals surface area contributed by atoms with Crippen LogP contribution in [0.2, 0.25) is 0 Å². The molecule has 576 valence electrons. The second-order valence-corrected chi connectivity index (χ2v) is 32.0. The molecule has 0 heterocycles. The van der Waals surface area contributed by atoms with Gasteiger partial charge in [0, 0.05) is 25.7 Å². The molecule has 0 fully saturated rings. The number of aliphatic hydroxyl groups is 1. The molecule has 0 aliphatic heterocycles. The van der Waals surface area contributed by atoms with E-state index in [1.165, 1.54) is 225 Å². The van der Waals surface area contributed by atoms with E-state index in [0.29, 0.717) is 25.7 Å². The Morgan fingerprint density at radius 1 is 0.278 bits per heavy atom. The van der Waals surface area contributed by atoms with Gasteiger partial charge in [-0.05, 0) is 37.5 Å². The molecule has 17 nitrogen and oxygen atoms in total. The monoisotopic (exact) mass is 1420 g/mol. The Morgan fingerprint density at radius 2 is 0.474 bits per heavy atom. The molecule has 19 heteroatoms. The lowest BCUT2D eigenvalue weighted by Gasteiger charge is -2.21. The van der Waals surface area contributed by atoms with Crippen molar-refractivity contribution in [3.05, 3.63) is 0 Å².